The maximum atomic E-state index is 12.2. The Morgan fingerprint density at radius 1 is 1.13 bits per heavy atom. The zero-order valence-corrected chi connectivity index (χ0v) is 13.9. The summed E-state index contributed by atoms with van der Waals surface area (Å²) in [7, 11) is 3.19. The smallest absolute Gasteiger partial charge is 0.253 e. The molecule has 0 aliphatic carbocycles. The number of ether oxygens (including phenoxy) is 2. The Morgan fingerprint density at radius 3 is 2.52 bits per heavy atom. The maximum absolute atomic E-state index is 12.2. The Kier molecular flexibility index (Phi) is 5.57. The predicted molar refractivity (Wildman–Crippen MR) is 90.0 cm³/mol. The normalized spacial score (nSPS) is 11.7. The number of nitrogens with zero attached hydrogens (tertiary/aromatic N) is 1. The van der Waals surface area contributed by atoms with Crippen molar-refractivity contribution in [2.24, 2.45) is 0 Å². The van der Waals surface area contributed by atoms with Gasteiger partial charge in [-0.05, 0) is 37.1 Å². The van der Waals surface area contributed by atoms with Crippen LogP contribution in [0.5, 0.6) is 11.5 Å². The Balaban J connectivity index is 2.31. The summed E-state index contributed by atoms with van der Waals surface area (Å²) in [5.41, 5.74) is 2.30. The first-order valence-corrected chi connectivity index (χ1v) is 7.57. The molecule has 0 aliphatic rings. The molecule has 5 nitrogen and oxygen atoms in total. The highest BCUT2D eigenvalue weighted by Gasteiger charge is 2.11. The van der Waals surface area contributed by atoms with Gasteiger partial charge < -0.3 is 14.8 Å². The van der Waals surface area contributed by atoms with Gasteiger partial charge in [-0.15, -0.1) is 0 Å². The molecular weight excluding hydrogens is 292 g/mol. The van der Waals surface area contributed by atoms with E-state index in [0.717, 1.165) is 17.5 Å². The number of benzene rings is 1. The van der Waals surface area contributed by atoms with Crippen LogP contribution in [0.1, 0.15) is 30.6 Å². The molecule has 0 saturated carbocycles. The molecule has 0 aliphatic heterocycles. The number of rotatable bonds is 6. The average Bonchev–Trinajstić information content (AvgIpc) is 2.60. The van der Waals surface area contributed by atoms with E-state index in [4.69, 9.17) is 9.47 Å². The Hall–Kier alpha value is -2.56. The van der Waals surface area contributed by atoms with Crippen LogP contribution in [-0.4, -0.2) is 31.2 Å². The van der Waals surface area contributed by atoms with Crippen molar-refractivity contribution in [1.29, 1.82) is 0 Å². The molecule has 1 atom stereocenters. The van der Waals surface area contributed by atoms with Gasteiger partial charge in [0.2, 0.25) is 0 Å². The first-order valence-electron chi connectivity index (χ1n) is 7.57. The lowest BCUT2D eigenvalue weighted by Gasteiger charge is -2.12. The number of pyridine rings is 1. The summed E-state index contributed by atoms with van der Waals surface area (Å²) >= 11 is 0. The second kappa shape index (κ2) is 7.63. The van der Waals surface area contributed by atoms with E-state index in [1.165, 1.54) is 0 Å². The highest BCUT2D eigenvalue weighted by atomic mass is 16.5. The number of methoxy groups -OCH3 is 2. The number of hydrogen-bond acceptors (Lipinski definition) is 4. The third-order valence-corrected chi connectivity index (χ3v) is 3.71. The molecule has 0 spiro atoms. The van der Waals surface area contributed by atoms with Gasteiger partial charge in [-0.1, -0.05) is 13.0 Å². The van der Waals surface area contributed by atoms with Crippen LogP contribution in [0.25, 0.3) is 11.1 Å². The third-order valence-electron chi connectivity index (χ3n) is 3.71. The molecule has 1 N–H and O–H groups in total. The predicted octanol–water partition coefficient (Wildman–Crippen LogP) is 3.29. The molecule has 1 aromatic heterocycles. The number of hydrogen-bond donors (Lipinski definition) is 1. The van der Waals surface area contributed by atoms with Crippen molar-refractivity contribution in [3.8, 4) is 22.6 Å². The second-order valence-electron chi connectivity index (χ2n) is 5.31. The minimum Gasteiger partial charge on any atom is -0.493 e. The molecule has 122 valence electrons. The summed E-state index contributed by atoms with van der Waals surface area (Å²) in [6.45, 7) is 4.01. The van der Waals surface area contributed by atoms with E-state index in [0.29, 0.717) is 17.1 Å². The van der Waals surface area contributed by atoms with Gasteiger partial charge in [-0.25, -0.2) is 0 Å². The number of carbonyl (C=O) groups is 1. The molecular formula is C18H22N2O3. The van der Waals surface area contributed by atoms with Crippen LogP contribution >= 0.6 is 0 Å². The van der Waals surface area contributed by atoms with Crippen LogP contribution in [0, 0.1) is 0 Å². The van der Waals surface area contributed by atoms with Gasteiger partial charge in [0.1, 0.15) is 0 Å². The van der Waals surface area contributed by atoms with Gasteiger partial charge in [0, 0.05) is 24.0 Å². The van der Waals surface area contributed by atoms with Gasteiger partial charge in [0.25, 0.3) is 5.91 Å². The molecule has 2 rings (SSSR count). The molecule has 2 aromatic rings. The van der Waals surface area contributed by atoms with Crippen molar-refractivity contribution in [2.45, 2.75) is 26.3 Å². The molecule has 1 aromatic carbocycles. The van der Waals surface area contributed by atoms with E-state index >= 15 is 0 Å². The van der Waals surface area contributed by atoms with Crippen LogP contribution in [-0.2, 0) is 0 Å². The molecule has 5 heteroatoms. The van der Waals surface area contributed by atoms with Crippen molar-refractivity contribution < 1.29 is 14.3 Å². The number of nitrogens with one attached hydrogen (secondary N) is 1. The summed E-state index contributed by atoms with van der Waals surface area (Å²) in [5.74, 6) is 1.18. The van der Waals surface area contributed by atoms with Gasteiger partial charge >= 0.3 is 0 Å². The Bertz CT molecular complexity index is 686. The first kappa shape index (κ1) is 16.8. The van der Waals surface area contributed by atoms with Crippen LogP contribution in [0.15, 0.2) is 36.7 Å². The summed E-state index contributed by atoms with van der Waals surface area (Å²) < 4.78 is 10.6. The fraction of sp³-hybridized carbons (Fsp3) is 0.333. The highest BCUT2D eigenvalue weighted by Crippen LogP contribution is 2.32. The van der Waals surface area contributed by atoms with E-state index < -0.39 is 0 Å². The molecule has 0 radical (unpaired) electrons. The minimum atomic E-state index is -0.117. The van der Waals surface area contributed by atoms with E-state index in [1.807, 2.05) is 38.1 Å². The van der Waals surface area contributed by atoms with Crippen LogP contribution in [0.2, 0.25) is 0 Å². The lowest BCUT2D eigenvalue weighted by molar-refractivity contribution is 0.0939. The van der Waals surface area contributed by atoms with Crippen molar-refractivity contribution in [3.05, 3.63) is 42.2 Å². The molecule has 1 amide bonds. The van der Waals surface area contributed by atoms with E-state index in [9.17, 15) is 4.79 Å². The number of aromatic nitrogens is 1. The number of carbonyl (C=O) groups excluding carboxylic acids is 1. The van der Waals surface area contributed by atoms with Crippen LogP contribution in [0.4, 0.5) is 0 Å². The molecule has 1 heterocycles. The molecule has 23 heavy (non-hydrogen) atoms. The van der Waals surface area contributed by atoms with Gasteiger partial charge in [0.15, 0.2) is 11.5 Å². The maximum Gasteiger partial charge on any atom is 0.253 e. The average molecular weight is 314 g/mol. The fourth-order valence-electron chi connectivity index (χ4n) is 2.15. The first-order chi connectivity index (χ1) is 11.1. The quantitative estimate of drug-likeness (QED) is 0.889. The summed E-state index contributed by atoms with van der Waals surface area (Å²) in [6, 6.07) is 7.57. The van der Waals surface area contributed by atoms with Gasteiger partial charge in [0.05, 0.1) is 19.8 Å². The summed E-state index contributed by atoms with van der Waals surface area (Å²) in [6.07, 6.45) is 4.18. The molecule has 0 saturated heterocycles. The second-order valence-corrected chi connectivity index (χ2v) is 5.31. The monoisotopic (exact) mass is 314 g/mol. The summed E-state index contributed by atoms with van der Waals surface area (Å²) in [5, 5.41) is 2.94. The zero-order valence-electron chi connectivity index (χ0n) is 13.9. The molecule has 0 bridgehead atoms. The molecule has 0 fully saturated rings. The lowest BCUT2D eigenvalue weighted by Crippen LogP contribution is -2.31. The number of amides is 1. The van der Waals surface area contributed by atoms with E-state index in [2.05, 4.69) is 10.3 Å². The Labute approximate surface area is 136 Å². The summed E-state index contributed by atoms with van der Waals surface area (Å²) in [4.78, 5) is 16.4. The van der Waals surface area contributed by atoms with Crippen LogP contribution in [0.3, 0.4) is 0 Å². The fourth-order valence-corrected chi connectivity index (χ4v) is 2.15. The van der Waals surface area contributed by atoms with Crippen molar-refractivity contribution >= 4 is 5.91 Å². The SMILES string of the molecule is CCC(C)NC(=O)c1cncc(-c2ccc(OC)c(OC)c2)c1. The van der Waals surface area contributed by atoms with E-state index in [1.54, 1.807) is 26.6 Å². The van der Waals surface area contributed by atoms with Crippen molar-refractivity contribution in [1.82, 2.24) is 10.3 Å². The zero-order chi connectivity index (χ0) is 16.8. The van der Waals surface area contributed by atoms with Crippen molar-refractivity contribution in [3.63, 3.8) is 0 Å². The lowest BCUT2D eigenvalue weighted by atomic mass is 10.0. The third kappa shape index (κ3) is 4.00. The van der Waals surface area contributed by atoms with Gasteiger partial charge in [-0.2, -0.15) is 0 Å². The van der Waals surface area contributed by atoms with Crippen LogP contribution < -0.4 is 14.8 Å². The highest BCUT2D eigenvalue weighted by molar-refractivity contribution is 5.95. The molecule has 1 unspecified atom stereocenters. The topological polar surface area (TPSA) is 60.5 Å². The Morgan fingerprint density at radius 2 is 1.87 bits per heavy atom. The largest absolute Gasteiger partial charge is 0.493 e. The minimum absolute atomic E-state index is 0.117. The van der Waals surface area contributed by atoms with E-state index in [-0.39, 0.29) is 11.9 Å². The van der Waals surface area contributed by atoms with Crippen molar-refractivity contribution in [2.75, 3.05) is 14.2 Å². The standard InChI is InChI=1S/C18H22N2O3/c1-5-12(2)20-18(21)15-8-14(10-19-11-15)13-6-7-16(22-3)17(9-13)23-4/h6-12H,5H2,1-4H3,(H,20,21). The van der Waals surface area contributed by atoms with Gasteiger partial charge in [-0.3, -0.25) is 9.78 Å².